The van der Waals surface area contributed by atoms with Crippen LogP contribution in [0.2, 0.25) is 0 Å². The van der Waals surface area contributed by atoms with Gasteiger partial charge in [-0.2, -0.15) is 0 Å². The standard InChI is InChI=1S/C14H21FN2O/c1-10(2)16-9-8-14(18)17-11(3)12-4-6-13(15)7-5-12/h4-7,10-11,16H,8-9H2,1-3H3,(H,17,18)/t11-/m0/s1. The summed E-state index contributed by atoms with van der Waals surface area (Å²) in [6.07, 6.45) is 0.448. The number of carbonyl (C=O) groups is 1. The molecule has 0 aliphatic rings. The van der Waals surface area contributed by atoms with E-state index in [0.717, 1.165) is 5.56 Å². The summed E-state index contributed by atoms with van der Waals surface area (Å²) >= 11 is 0. The van der Waals surface area contributed by atoms with E-state index in [1.54, 1.807) is 12.1 Å². The number of halogens is 1. The summed E-state index contributed by atoms with van der Waals surface area (Å²) < 4.78 is 12.8. The SMILES string of the molecule is CC(C)NCCC(=O)N[C@@H](C)c1ccc(F)cc1. The minimum absolute atomic E-state index is 0.0000231. The zero-order valence-corrected chi connectivity index (χ0v) is 11.2. The van der Waals surface area contributed by atoms with Crippen molar-refractivity contribution in [3.63, 3.8) is 0 Å². The molecular formula is C14H21FN2O. The molecule has 0 unspecified atom stereocenters. The second kappa shape index (κ2) is 7.11. The molecule has 4 heteroatoms. The Labute approximate surface area is 108 Å². The van der Waals surface area contributed by atoms with Crippen LogP contribution >= 0.6 is 0 Å². The van der Waals surface area contributed by atoms with Gasteiger partial charge < -0.3 is 10.6 Å². The molecule has 0 bridgehead atoms. The van der Waals surface area contributed by atoms with E-state index in [9.17, 15) is 9.18 Å². The molecule has 0 fully saturated rings. The van der Waals surface area contributed by atoms with Crippen LogP contribution in [0.3, 0.4) is 0 Å². The molecule has 3 nitrogen and oxygen atoms in total. The topological polar surface area (TPSA) is 41.1 Å². The van der Waals surface area contributed by atoms with Gasteiger partial charge in [0.1, 0.15) is 5.82 Å². The lowest BCUT2D eigenvalue weighted by Crippen LogP contribution is -2.31. The van der Waals surface area contributed by atoms with Crippen LogP contribution in [0.5, 0.6) is 0 Å². The normalized spacial score (nSPS) is 12.5. The molecule has 1 aromatic carbocycles. The number of carbonyl (C=O) groups excluding carboxylic acids is 1. The van der Waals surface area contributed by atoms with E-state index >= 15 is 0 Å². The van der Waals surface area contributed by atoms with Crippen molar-refractivity contribution >= 4 is 5.91 Å². The third kappa shape index (κ3) is 5.27. The first kappa shape index (κ1) is 14.6. The fourth-order valence-corrected chi connectivity index (χ4v) is 1.62. The van der Waals surface area contributed by atoms with Crippen molar-refractivity contribution in [1.82, 2.24) is 10.6 Å². The van der Waals surface area contributed by atoms with Gasteiger partial charge in [-0.3, -0.25) is 4.79 Å². The van der Waals surface area contributed by atoms with Crippen molar-refractivity contribution < 1.29 is 9.18 Å². The Balaban J connectivity index is 2.37. The number of hydrogen-bond acceptors (Lipinski definition) is 2. The fourth-order valence-electron chi connectivity index (χ4n) is 1.62. The molecule has 1 rings (SSSR count). The second-order valence-corrected chi connectivity index (χ2v) is 4.70. The summed E-state index contributed by atoms with van der Waals surface area (Å²) in [7, 11) is 0. The Bertz CT molecular complexity index is 376. The van der Waals surface area contributed by atoms with Gasteiger partial charge in [0.05, 0.1) is 6.04 Å². The van der Waals surface area contributed by atoms with Crippen molar-refractivity contribution in [3.8, 4) is 0 Å². The highest BCUT2D eigenvalue weighted by atomic mass is 19.1. The maximum absolute atomic E-state index is 12.8. The molecular weight excluding hydrogens is 231 g/mol. The first-order chi connectivity index (χ1) is 8.49. The summed E-state index contributed by atoms with van der Waals surface area (Å²) in [4.78, 5) is 11.7. The number of hydrogen-bond donors (Lipinski definition) is 2. The number of nitrogens with one attached hydrogen (secondary N) is 2. The Hall–Kier alpha value is -1.42. The summed E-state index contributed by atoms with van der Waals surface area (Å²) in [5, 5.41) is 6.07. The quantitative estimate of drug-likeness (QED) is 0.816. The van der Waals surface area contributed by atoms with Gasteiger partial charge in [0.15, 0.2) is 0 Å². The highest BCUT2D eigenvalue weighted by Crippen LogP contribution is 2.12. The number of rotatable bonds is 6. The summed E-state index contributed by atoms with van der Waals surface area (Å²) in [5.41, 5.74) is 0.904. The Morgan fingerprint density at radius 2 is 1.83 bits per heavy atom. The van der Waals surface area contributed by atoms with E-state index in [-0.39, 0.29) is 17.8 Å². The predicted octanol–water partition coefficient (Wildman–Crippen LogP) is 2.39. The van der Waals surface area contributed by atoms with Crippen LogP contribution in [0.25, 0.3) is 0 Å². The molecule has 1 atom stereocenters. The lowest BCUT2D eigenvalue weighted by Gasteiger charge is -2.15. The average Bonchev–Trinajstić information content (AvgIpc) is 2.29. The molecule has 0 saturated heterocycles. The first-order valence-electron chi connectivity index (χ1n) is 6.27. The molecule has 0 aromatic heterocycles. The van der Waals surface area contributed by atoms with Crippen LogP contribution in [-0.4, -0.2) is 18.5 Å². The highest BCUT2D eigenvalue weighted by Gasteiger charge is 2.09. The minimum Gasteiger partial charge on any atom is -0.350 e. The van der Waals surface area contributed by atoms with Crippen LogP contribution in [0.4, 0.5) is 4.39 Å². The van der Waals surface area contributed by atoms with Crippen molar-refractivity contribution in [3.05, 3.63) is 35.6 Å². The molecule has 2 N–H and O–H groups in total. The Kier molecular flexibility index (Phi) is 5.78. The third-order valence-electron chi connectivity index (χ3n) is 2.65. The van der Waals surface area contributed by atoms with Gasteiger partial charge >= 0.3 is 0 Å². The molecule has 0 aliphatic heterocycles. The molecule has 1 aromatic rings. The molecule has 0 spiro atoms. The van der Waals surface area contributed by atoms with E-state index in [2.05, 4.69) is 10.6 Å². The van der Waals surface area contributed by atoms with Gasteiger partial charge in [-0.1, -0.05) is 26.0 Å². The number of amides is 1. The molecule has 0 heterocycles. The van der Waals surface area contributed by atoms with Crippen LogP contribution < -0.4 is 10.6 Å². The van der Waals surface area contributed by atoms with E-state index in [1.807, 2.05) is 20.8 Å². The van der Waals surface area contributed by atoms with Crippen LogP contribution in [0.15, 0.2) is 24.3 Å². The highest BCUT2D eigenvalue weighted by molar-refractivity contribution is 5.76. The first-order valence-corrected chi connectivity index (χ1v) is 6.27. The van der Waals surface area contributed by atoms with E-state index in [4.69, 9.17) is 0 Å². The van der Waals surface area contributed by atoms with Gasteiger partial charge in [-0.25, -0.2) is 4.39 Å². The van der Waals surface area contributed by atoms with E-state index in [0.29, 0.717) is 19.0 Å². The van der Waals surface area contributed by atoms with Gasteiger partial charge in [0, 0.05) is 19.0 Å². The van der Waals surface area contributed by atoms with Crippen LogP contribution in [-0.2, 0) is 4.79 Å². The summed E-state index contributed by atoms with van der Waals surface area (Å²) in [6.45, 7) is 6.64. The smallest absolute Gasteiger partial charge is 0.221 e. The van der Waals surface area contributed by atoms with E-state index < -0.39 is 0 Å². The van der Waals surface area contributed by atoms with Crippen LogP contribution in [0.1, 0.15) is 38.8 Å². The molecule has 0 saturated carbocycles. The summed E-state index contributed by atoms with van der Waals surface area (Å²) in [6, 6.07) is 6.46. The monoisotopic (exact) mass is 252 g/mol. The van der Waals surface area contributed by atoms with Crippen LogP contribution in [0, 0.1) is 5.82 Å². The zero-order valence-electron chi connectivity index (χ0n) is 11.2. The lowest BCUT2D eigenvalue weighted by atomic mass is 10.1. The second-order valence-electron chi connectivity index (χ2n) is 4.70. The largest absolute Gasteiger partial charge is 0.350 e. The lowest BCUT2D eigenvalue weighted by molar-refractivity contribution is -0.121. The van der Waals surface area contributed by atoms with Crippen molar-refractivity contribution in [2.24, 2.45) is 0 Å². The Morgan fingerprint density at radius 3 is 2.39 bits per heavy atom. The van der Waals surface area contributed by atoms with Crippen molar-refractivity contribution in [2.75, 3.05) is 6.54 Å². The predicted molar refractivity (Wildman–Crippen MR) is 70.7 cm³/mol. The Morgan fingerprint density at radius 1 is 1.22 bits per heavy atom. The van der Waals surface area contributed by atoms with E-state index in [1.165, 1.54) is 12.1 Å². The average molecular weight is 252 g/mol. The number of benzene rings is 1. The molecule has 100 valence electrons. The van der Waals surface area contributed by atoms with Gasteiger partial charge in [-0.15, -0.1) is 0 Å². The zero-order chi connectivity index (χ0) is 13.5. The molecule has 0 radical (unpaired) electrons. The van der Waals surface area contributed by atoms with Crippen molar-refractivity contribution in [2.45, 2.75) is 39.3 Å². The fraction of sp³-hybridized carbons (Fsp3) is 0.500. The van der Waals surface area contributed by atoms with Crippen molar-refractivity contribution in [1.29, 1.82) is 0 Å². The van der Waals surface area contributed by atoms with Gasteiger partial charge in [0.25, 0.3) is 0 Å². The van der Waals surface area contributed by atoms with Gasteiger partial charge in [-0.05, 0) is 24.6 Å². The third-order valence-corrected chi connectivity index (χ3v) is 2.65. The maximum atomic E-state index is 12.8. The molecule has 18 heavy (non-hydrogen) atoms. The molecule has 0 aliphatic carbocycles. The maximum Gasteiger partial charge on any atom is 0.221 e. The minimum atomic E-state index is -0.265. The summed E-state index contributed by atoms with van der Waals surface area (Å²) in [5.74, 6) is -0.265. The van der Waals surface area contributed by atoms with Gasteiger partial charge in [0.2, 0.25) is 5.91 Å². The molecule has 1 amide bonds.